The Balaban J connectivity index is 1.59. The third-order valence-corrected chi connectivity index (χ3v) is 7.31. The second-order valence-electron chi connectivity index (χ2n) is 9.30. The molecule has 192 valence electrons. The molecule has 11 nitrogen and oxygen atoms in total. The van der Waals surface area contributed by atoms with Crippen LogP contribution in [0.15, 0.2) is 23.8 Å². The molecule has 2 aromatic rings. The summed E-state index contributed by atoms with van der Waals surface area (Å²) in [4.78, 5) is 0. The summed E-state index contributed by atoms with van der Waals surface area (Å²) in [6, 6.07) is 4.32. The van der Waals surface area contributed by atoms with Gasteiger partial charge in [-0.2, -0.15) is 0 Å². The van der Waals surface area contributed by atoms with Crippen molar-refractivity contribution in [1.29, 1.82) is 0 Å². The monoisotopic (exact) mass is 502 g/mol. The molecular formula is C25H26O11. The molecule has 0 amide bonds. The van der Waals surface area contributed by atoms with Gasteiger partial charge in [0.2, 0.25) is 5.75 Å². The molecule has 0 radical (unpaired) electrons. The number of phenols is 4. The average molecular weight is 502 g/mol. The number of hydrogen-bond donors (Lipinski definition) is 7. The first-order valence-electron chi connectivity index (χ1n) is 11.7. The largest absolute Gasteiger partial charge is 0.508 e. The minimum absolute atomic E-state index is 0.0576. The van der Waals surface area contributed by atoms with Crippen LogP contribution in [0.3, 0.4) is 0 Å². The molecular weight excluding hydrogens is 476 g/mol. The Kier molecular flexibility index (Phi) is 5.34. The lowest BCUT2D eigenvalue weighted by Gasteiger charge is -2.41. The SMILES string of the molecule is CCOc1cc(O)cc2c1C[C@@H]1O[C@@H]3O[C@H](CO)[C@@H](O)[C@H](O)[C@H]3O[C@H]3C1=C2c1cc(O)c(O)c(O)c13. The summed E-state index contributed by atoms with van der Waals surface area (Å²) in [7, 11) is 0. The highest BCUT2D eigenvalue weighted by Gasteiger charge is 2.54. The molecule has 2 aliphatic heterocycles. The molecule has 2 heterocycles. The van der Waals surface area contributed by atoms with E-state index in [4.69, 9.17) is 18.9 Å². The van der Waals surface area contributed by atoms with Crippen molar-refractivity contribution < 1.29 is 54.7 Å². The lowest BCUT2D eigenvalue weighted by Crippen LogP contribution is -2.60. The zero-order valence-corrected chi connectivity index (χ0v) is 19.2. The smallest absolute Gasteiger partial charge is 0.200 e. The van der Waals surface area contributed by atoms with Crippen LogP contribution in [0, 0.1) is 0 Å². The summed E-state index contributed by atoms with van der Waals surface area (Å²) < 4.78 is 24.1. The van der Waals surface area contributed by atoms with Gasteiger partial charge in [-0.05, 0) is 35.8 Å². The number of aliphatic hydroxyl groups excluding tert-OH is 3. The Morgan fingerprint density at radius 1 is 0.944 bits per heavy atom. The van der Waals surface area contributed by atoms with Gasteiger partial charge in [-0.15, -0.1) is 0 Å². The minimum atomic E-state index is -1.49. The summed E-state index contributed by atoms with van der Waals surface area (Å²) in [5.74, 6) is -1.52. The van der Waals surface area contributed by atoms with Gasteiger partial charge in [-0.25, -0.2) is 0 Å². The zero-order chi connectivity index (χ0) is 25.5. The van der Waals surface area contributed by atoms with Crippen LogP contribution in [0.5, 0.6) is 28.7 Å². The summed E-state index contributed by atoms with van der Waals surface area (Å²) in [6.07, 6.45) is -7.96. The maximum atomic E-state index is 10.9. The summed E-state index contributed by atoms with van der Waals surface area (Å²) in [5.41, 5.74) is 2.81. The molecule has 0 saturated carbocycles. The third-order valence-electron chi connectivity index (χ3n) is 7.31. The highest BCUT2D eigenvalue weighted by atomic mass is 16.7. The molecule has 6 rings (SSSR count). The molecule has 2 aliphatic carbocycles. The molecule has 36 heavy (non-hydrogen) atoms. The molecule has 0 spiro atoms. The first kappa shape index (κ1) is 23.3. The third kappa shape index (κ3) is 3.14. The van der Waals surface area contributed by atoms with E-state index in [1.807, 2.05) is 6.92 Å². The second-order valence-corrected chi connectivity index (χ2v) is 9.30. The number of aliphatic hydroxyl groups is 3. The van der Waals surface area contributed by atoms with Gasteiger partial charge >= 0.3 is 0 Å². The fourth-order valence-electron chi connectivity index (χ4n) is 5.74. The quantitative estimate of drug-likeness (QED) is 0.291. The molecule has 7 atom stereocenters. The predicted molar refractivity (Wildman–Crippen MR) is 121 cm³/mol. The maximum absolute atomic E-state index is 10.9. The Labute approximate surface area is 205 Å². The molecule has 7 N–H and O–H groups in total. The molecule has 0 unspecified atom stereocenters. The number of hydrogen-bond acceptors (Lipinski definition) is 11. The maximum Gasteiger partial charge on any atom is 0.200 e. The van der Waals surface area contributed by atoms with E-state index in [9.17, 15) is 35.7 Å². The predicted octanol–water partition coefficient (Wildman–Crippen LogP) is 0.543. The van der Waals surface area contributed by atoms with Crippen molar-refractivity contribution in [3.63, 3.8) is 0 Å². The van der Waals surface area contributed by atoms with Crippen LogP contribution >= 0.6 is 0 Å². The summed E-state index contributed by atoms with van der Waals surface area (Å²) in [6.45, 7) is 1.59. The zero-order valence-electron chi connectivity index (χ0n) is 19.2. The summed E-state index contributed by atoms with van der Waals surface area (Å²) in [5, 5.41) is 72.9. The van der Waals surface area contributed by atoms with Crippen LogP contribution in [0.4, 0.5) is 0 Å². The Morgan fingerprint density at radius 3 is 2.44 bits per heavy atom. The van der Waals surface area contributed by atoms with Crippen molar-refractivity contribution in [3.8, 4) is 28.7 Å². The minimum Gasteiger partial charge on any atom is -0.508 e. The van der Waals surface area contributed by atoms with E-state index in [1.165, 1.54) is 12.1 Å². The van der Waals surface area contributed by atoms with Gasteiger partial charge in [0.05, 0.1) is 19.3 Å². The van der Waals surface area contributed by atoms with Crippen LogP contribution in [-0.4, -0.2) is 85.8 Å². The van der Waals surface area contributed by atoms with E-state index in [-0.39, 0.29) is 17.7 Å². The van der Waals surface area contributed by atoms with Crippen molar-refractivity contribution >= 4 is 5.57 Å². The molecule has 2 aromatic carbocycles. The van der Waals surface area contributed by atoms with Gasteiger partial charge in [0.1, 0.15) is 42.0 Å². The van der Waals surface area contributed by atoms with Gasteiger partial charge in [-0.3, -0.25) is 0 Å². The van der Waals surface area contributed by atoms with E-state index in [2.05, 4.69) is 0 Å². The molecule has 2 fully saturated rings. The van der Waals surface area contributed by atoms with Crippen molar-refractivity contribution in [3.05, 3.63) is 46.0 Å². The molecule has 0 bridgehead atoms. The highest BCUT2D eigenvalue weighted by molar-refractivity contribution is 5.94. The first-order valence-corrected chi connectivity index (χ1v) is 11.7. The van der Waals surface area contributed by atoms with Gasteiger partial charge in [0.25, 0.3) is 0 Å². The van der Waals surface area contributed by atoms with Crippen molar-refractivity contribution in [2.24, 2.45) is 0 Å². The standard InChI is InChI=1S/C25H26O11/c1-2-33-13-4-8(27)3-10-9(13)6-14-18-16(10)11-5-12(28)19(29)21(31)17(11)23(18)36-24-22(32)20(30)15(7-26)35-25(24)34-14/h3-5,14-15,20,22-32H,2,6-7H2,1H3/t14-,15+,20+,22-,23+,24+,25+/m0/s1. The topological polar surface area (TPSA) is 179 Å². The Morgan fingerprint density at radius 2 is 1.72 bits per heavy atom. The highest BCUT2D eigenvalue weighted by Crippen LogP contribution is 2.60. The van der Waals surface area contributed by atoms with Crippen LogP contribution in [-0.2, 0) is 20.6 Å². The van der Waals surface area contributed by atoms with Crippen LogP contribution in [0.2, 0.25) is 0 Å². The number of rotatable bonds is 3. The average Bonchev–Trinajstić information content (AvgIpc) is 3.07. The van der Waals surface area contributed by atoms with E-state index < -0.39 is 66.8 Å². The Hall–Kier alpha value is -3.06. The van der Waals surface area contributed by atoms with Gasteiger partial charge < -0.3 is 54.7 Å². The van der Waals surface area contributed by atoms with Gasteiger partial charge in [-0.1, -0.05) is 0 Å². The van der Waals surface area contributed by atoms with Gasteiger partial charge in [0, 0.05) is 29.2 Å². The number of fused-ring (bicyclic) bond motifs is 6. The fourth-order valence-corrected chi connectivity index (χ4v) is 5.74. The molecule has 0 aromatic heterocycles. The normalized spacial score (nSPS) is 32.3. The van der Waals surface area contributed by atoms with E-state index in [0.717, 1.165) is 0 Å². The lowest BCUT2D eigenvalue weighted by atomic mass is 9.82. The first-order chi connectivity index (χ1) is 17.2. The molecule has 4 aliphatic rings. The number of benzene rings is 2. The number of ether oxygens (including phenoxy) is 4. The van der Waals surface area contributed by atoms with E-state index >= 15 is 0 Å². The van der Waals surface area contributed by atoms with Crippen molar-refractivity contribution in [1.82, 2.24) is 0 Å². The van der Waals surface area contributed by atoms with Crippen LogP contribution in [0.25, 0.3) is 5.57 Å². The fraction of sp³-hybridized carbons (Fsp3) is 0.440. The second kappa shape index (κ2) is 8.23. The number of aromatic hydroxyl groups is 4. The van der Waals surface area contributed by atoms with Crippen LogP contribution in [0.1, 0.15) is 35.3 Å². The van der Waals surface area contributed by atoms with Crippen molar-refractivity contribution in [2.45, 2.75) is 56.3 Å². The van der Waals surface area contributed by atoms with Gasteiger partial charge in [0.15, 0.2) is 17.8 Å². The van der Waals surface area contributed by atoms with Crippen molar-refractivity contribution in [2.75, 3.05) is 13.2 Å². The molecule has 11 heteroatoms. The van der Waals surface area contributed by atoms with E-state index in [1.54, 1.807) is 6.07 Å². The lowest BCUT2D eigenvalue weighted by molar-refractivity contribution is -0.311. The summed E-state index contributed by atoms with van der Waals surface area (Å²) >= 11 is 0. The number of phenolic OH excluding ortho intramolecular Hbond substituents is 4. The molecule has 2 saturated heterocycles. The Bertz CT molecular complexity index is 1270. The van der Waals surface area contributed by atoms with Crippen LogP contribution < -0.4 is 4.74 Å². The van der Waals surface area contributed by atoms with E-state index in [0.29, 0.717) is 40.2 Å².